The summed E-state index contributed by atoms with van der Waals surface area (Å²) in [7, 11) is 0. The van der Waals surface area contributed by atoms with E-state index >= 15 is 0 Å². The maximum absolute atomic E-state index is 12.2. The molecule has 0 aliphatic rings. The number of carbonyl (C=O) groups is 1. The zero-order valence-corrected chi connectivity index (χ0v) is 11.4. The lowest BCUT2D eigenvalue weighted by atomic mass is 9.99. The van der Waals surface area contributed by atoms with Gasteiger partial charge < -0.3 is 9.47 Å². The van der Waals surface area contributed by atoms with Crippen molar-refractivity contribution in [1.29, 1.82) is 0 Å². The van der Waals surface area contributed by atoms with Crippen LogP contribution in [0.2, 0.25) is 0 Å². The zero-order valence-electron chi connectivity index (χ0n) is 11.4. The van der Waals surface area contributed by atoms with Crippen LogP contribution in [0.25, 0.3) is 0 Å². The van der Waals surface area contributed by atoms with E-state index in [-0.39, 0.29) is 11.7 Å². The summed E-state index contributed by atoms with van der Waals surface area (Å²) < 4.78 is 11.0. The molecule has 1 atom stereocenters. The Morgan fingerprint density at radius 2 is 1.72 bits per heavy atom. The molecule has 1 rings (SSSR count). The summed E-state index contributed by atoms with van der Waals surface area (Å²) in [6.07, 6.45) is 0.393. The van der Waals surface area contributed by atoms with Gasteiger partial charge in [0.1, 0.15) is 17.1 Å². The van der Waals surface area contributed by atoms with Crippen molar-refractivity contribution in [2.45, 2.75) is 27.2 Å². The topological polar surface area (TPSA) is 35.5 Å². The first-order valence-electron chi connectivity index (χ1n) is 6.35. The molecule has 18 heavy (non-hydrogen) atoms. The molecule has 0 bridgehead atoms. The van der Waals surface area contributed by atoms with Gasteiger partial charge in [-0.05, 0) is 31.9 Å². The van der Waals surface area contributed by atoms with Crippen LogP contribution in [0.1, 0.15) is 37.6 Å². The molecule has 3 heteroatoms. The summed E-state index contributed by atoms with van der Waals surface area (Å²) in [5.41, 5.74) is 0.539. The van der Waals surface area contributed by atoms with Crippen molar-refractivity contribution in [2.75, 3.05) is 13.2 Å². The molecule has 0 aliphatic carbocycles. The third-order valence-electron chi connectivity index (χ3n) is 2.40. The van der Waals surface area contributed by atoms with E-state index in [1.54, 1.807) is 12.1 Å². The number of ketones is 1. The minimum atomic E-state index is 0.0185. The van der Waals surface area contributed by atoms with Gasteiger partial charge in [0, 0.05) is 6.42 Å². The Labute approximate surface area is 109 Å². The average molecular weight is 249 g/mol. The summed E-state index contributed by atoms with van der Waals surface area (Å²) in [5.74, 6) is 1.27. The van der Waals surface area contributed by atoms with Crippen molar-refractivity contribution in [3.63, 3.8) is 0 Å². The van der Waals surface area contributed by atoms with E-state index in [0.29, 0.717) is 36.7 Å². The van der Waals surface area contributed by atoms with Crippen molar-refractivity contribution in [2.24, 2.45) is 5.92 Å². The van der Waals surface area contributed by atoms with E-state index < -0.39 is 0 Å². The molecular weight excluding hydrogens is 228 g/mol. The molecule has 0 saturated carbocycles. The van der Waals surface area contributed by atoms with E-state index in [2.05, 4.69) is 6.92 Å². The third kappa shape index (κ3) is 3.76. The maximum atomic E-state index is 12.2. The van der Waals surface area contributed by atoms with Gasteiger partial charge in [-0.1, -0.05) is 19.9 Å². The fraction of sp³-hybridized carbons (Fsp3) is 0.467. The van der Waals surface area contributed by atoms with Gasteiger partial charge in [-0.15, -0.1) is 0 Å². The lowest BCUT2D eigenvalue weighted by Crippen LogP contribution is -2.09. The Morgan fingerprint density at radius 3 is 2.11 bits per heavy atom. The van der Waals surface area contributed by atoms with Crippen LogP contribution in [0, 0.1) is 12.8 Å². The Hall–Kier alpha value is -1.51. The fourth-order valence-electron chi connectivity index (χ4n) is 1.76. The quantitative estimate of drug-likeness (QED) is 0.693. The number of hydrogen-bond donors (Lipinski definition) is 0. The highest BCUT2D eigenvalue weighted by molar-refractivity contribution is 6.01. The molecule has 1 aromatic carbocycles. The van der Waals surface area contributed by atoms with Crippen molar-refractivity contribution in [3.05, 3.63) is 30.7 Å². The molecule has 3 nitrogen and oxygen atoms in total. The minimum Gasteiger partial charge on any atom is -0.493 e. The van der Waals surface area contributed by atoms with E-state index in [1.165, 1.54) is 0 Å². The van der Waals surface area contributed by atoms with Crippen LogP contribution in [-0.2, 0) is 0 Å². The number of carbonyl (C=O) groups excluding carboxylic acids is 1. The van der Waals surface area contributed by atoms with Gasteiger partial charge in [0.2, 0.25) is 0 Å². The highest BCUT2D eigenvalue weighted by Crippen LogP contribution is 2.30. The summed E-state index contributed by atoms with van der Waals surface area (Å²) in [5, 5.41) is 0. The van der Waals surface area contributed by atoms with Crippen LogP contribution in [0.3, 0.4) is 0 Å². The molecule has 0 spiro atoms. The highest BCUT2D eigenvalue weighted by atomic mass is 16.5. The van der Waals surface area contributed by atoms with Gasteiger partial charge in [0.05, 0.1) is 13.2 Å². The number of Topliss-reactive ketones (excluding diaryl/α,β-unsaturated/α-hetero) is 1. The second-order valence-corrected chi connectivity index (χ2v) is 4.23. The lowest BCUT2D eigenvalue weighted by Gasteiger charge is -2.15. The molecule has 0 aromatic heterocycles. The number of hydrogen-bond acceptors (Lipinski definition) is 3. The molecule has 0 heterocycles. The van der Waals surface area contributed by atoms with Crippen LogP contribution in [0.15, 0.2) is 18.2 Å². The standard InChI is InChI=1S/C15H21O3/c1-5-17-13-8-7-9-14(18-6-2)15(13)12(16)10-11(3)4/h7-9,11H,3,5-6,10H2,1-2,4H3. The first kappa shape index (κ1) is 14.6. The first-order chi connectivity index (χ1) is 8.60. The monoisotopic (exact) mass is 249 g/mol. The molecule has 0 aliphatic heterocycles. The van der Waals surface area contributed by atoms with Crippen LogP contribution in [-0.4, -0.2) is 19.0 Å². The predicted octanol–water partition coefficient (Wildman–Crippen LogP) is 3.53. The van der Waals surface area contributed by atoms with Crippen molar-refractivity contribution < 1.29 is 14.3 Å². The Balaban J connectivity index is 3.12. The largest absolute Gasteiger partial charge is 0.493 e. The van der Waals surface area contributed by atoms with Gasteiger partial charge in [-0.25, -0.2) is 0 Å². The second kappa shape index (κ2) is 7.04. The molecule has 1 unspecified atom stereocenters. The van der Waals surface area contributed by atoms with Crippen molar-refractivity contribution >= 4 is 5.78 Å². The van der Waals surface area contributed by atoms with Gasteiger partial charge in [-0.3, -0.25) is 4.79 Å². The smallest absolute Gasteiger partial charge is 0.170 e. The number of benzene rings is 1. The summed E-state index contributed by atoms with van der Waals surface area (Å²) >= 11 is 0. The zero-order chi connectivity index (χ0) is 13.5. The molecule has 0 fully saturated rings. The average Bonchev–Trinajstić information content (AvgIpc) is 2.29. The predicted molar refractivity (Wildman–Crippen MR) is 72.2 cm³/mol. The summed E-state index contributed by atoms with van der Waals surface area (Å²) in [6, 6.07) is 5.43. The molecule has 1 radical (unpaired) electrons. The van der Waals surface area contributed by atoms with Crippen molar-refractivity contribution in [1.82, 2.24) is 0 Å². The molecule has 0 saturated heterocycles. The maximum Gasteiger partial charge on any atom is 0.170 e. The molecule has 99 valence electrons. The van der Waals surface area contributed by atoms with Gasteiger partial charge >= 0.3 is 0 Å². The first-order valence-corrected chi connectivity index (χ1v) is 6.35. The third-order valence-corrected chi connectivity index (χ3v) is 2.40. The van der Waals surface area contributed by atoms with Crippen LogP contribution in [0.4, 0.5) is 0 Å². The minimum absolute atomic E-state index is 0.0185. The van der Waals surface area contributed by atoms with Gasteiger partial charge in [0.15, 0.2) is 5.78 Å². The Kier molecular flexibility index (Phi) is 5.69. The normalized spacial score (nSPS) is 10.5. The Bertz CT molecular complexity index is 372. The fourth-order valence-corrected chi connectivity index (χ4v) is 1.76. The second-order valence-electron chi connectivity index (χ2n) is 4.23. The molecule has 0 amide bonds. The SMILES string of the molecule is [CH2]C(C)CC(=O)c1c(OCC)cccc1OCC. The van der Waals surface area contributed by atoms with Crippen molar-refractivity contribution in [3.8, 4) is 11.5 Å². The molecule has 1 aromatic rings. The Morgan fingerprint density at radius 1 is 1.22 bits per heavy atom. The van der Waals surface area contributed by atoms with Crippen LogP contribution in [0.5, 0.6) is 11.5 Å². The summed E-state index contributed by atoms with van der Waals surface area (Å²) in [4.78, 5) is 12.2. The van der Waals surface area contributed by atoms with E-state index in [0.717, 1.165) is 0 Å². The van der Waals surface area contributed by atoms with Gasteiger partial charge in [-0.2, -0.15) is 0 Å². The highest BCUT2D eigenvalue weighted by Gasteiger charge is 2.19. The lowest BCUT2D eigenvalue weighted by molar-refractivity contribution is 0.0964. The number of rotatable bonds is 7. The van der Waals surface area contributed by atoms with E-state index in [4.69, 9.17) is 9.47 Å². The van der Waals surface area contributed by atoms with Crippen LogP contribution < -0.4 is 9.47 Å². The summed E-state index contributed by atoms with van der Waals surface area (Å²) in [6.45, 7) is 10.6. The molecule has 0 N–H and O–H groups in total. The van der Waals surface area contributed by atoms with Gasteiger partial charge in [0.25, 0.3) is 0 Å². The van der Waals surface area contributed by atoms with Crippen LogP contribution >= 0.6 is 0 Å². The molecular formula is C15H21O3. The number of ether oxygens (including phenoxy) is 2. The van der Waals surface area contributed by atoms with E-state index in [9.17, 15) is 4.79 Å². The van der Waals surface area contributed by atoms with E-state index in [1.807, 2.05) is 26.8 Å².